The Balaban J connectivity index is 2.24. The molecule has 2 heterocycles. The maximum absolute atomic E-state index is 10.7. The fourth-order valence-electron chi connectivity index (χ4n) is 1.42. The highest BCUT2D eigenvalue weighted by atomic mass is 35.5. The van der Waals surface area contributed by atoms with E-state index in [1.807, 2.05) is 6.07 Å². The van der Waals surface area contributed by atoms with Crippen molar-refractivity contribution in [2.75, 3.05) is 0 Å². The number of fused-ring (bicyclic) bond motifs is 1. The number of carboxylic acid groups (broad SMARTS) is 1. The van der Waals surface area contributed by atoms with Crippen LogP contribution in [0.3, 0.4) is 0 Å². The third-order valence-electron chi connectivity index (χ3n) is 2.09. The van der Waals surface area contributed by atoms with Crippen LogP contribution in [0.1, 0.15) is 10.4 Å². The van der Waals surface area contributed by atoms with Crippen molar-refractivity contribution in [1.82, 2.24) is 5.32 Å². The van der Waals surface area contributed by atoms with Crippen molar-refractivity contribution in [2.45, 2.75) is 19.0 Å². The van der Waals surface area contributed by atoms with E-state index in [9.17, 15) is 4.79 Å². The molecule has 0 radical (unpaired) electrons. The minimum Gasteiger partial charge on any atom is -0.480 e. The Bertz CT molecular complexity index is 350. The lowest BCUT2D eigenvalue weighted by molar-refractivity contribution is -0.139. The van der Waals surface area contributed by atoms with E-state index in [1.54, 1.807) is 0 Å². The van der Waals surface area contributed by atoms with Gasteiger partial charge in [0.05, 0.1) is 4.34 Å². The number of nitrogens with one attached hydrogen (secondary N) is 1. The molecule has 1 aliphatic rings. The molecule has 1 aromatic heterocycles. The number of aliphatic carboxylic acids is 1. The second-order valence-corrected chi connectivity index (χ2v) is 4.74. The molecule has 0 bridgehead atoms. The maximum Gasteiger partial charge on any atom is 0.321 e. The lowest BCUT2D eigenvalue weighted by atomic mass is 10.1. The Morgan fingerprint density at radius 3 is 3.23 bits per heavy atom. The molecule has 2 rings (SSSR count). The van der Waals surface area contributed by atoms with Crippen molar-refractivity contribution >= 4 is 28.9 Å². The van der Waals surface area contributed by atoms with Crippen molar-refractivity contribution < 1.29 is 9.90 Å². The minimum absolute atomic E-state index is 0.456. The smallest absolute Gasteiger partial charge is 0.321 e. The van der Waals surface area contributed by atoms with Gasteiger partial charge in [-0.05, 0) is 11.6 Å². The highest BCUT2D eigenvalue weighted by molar-refractivity contribution is 7.16. The van der Waals surface area contributed by atoms with E-state index < -0.39 is 12.0 Å². The Morgan fingerprint density at radius 2 is 2.54 bits per heavy atom. The van der Waals surface area contributed by atoms with Crippen LogP contribution in [-0.2, 0) is 17.8 Å². The van der Waals surface area contributed by atoms with Gasteiger partial charge in [0.15, 0.2) is 0 Å². The number of rotatable bonds is 1. The van der Waals surface area contributed by atoms with Gasteiger partial charge in [-0.25, -0.2) is 0 Å². The summed E-state index contributed by atoms with van der Waals surface area (Å²) in [5.74, 6) is -0.796. The van der Waals surface area contributed by atoms with Gasteiger partial charge in [-0.1, -0.05) is 11.6 Å². The first-order valence-corrected chi connectivity index (χ1v) is 5.09. The van der Waals surface area contributed by atoms with Crippen molar-refractivity contribution in [2.24, 2.45) is 0 Å². The minimum atomic E-state index is -0.796. The summed E-state index contributed by atoms with van der Waals surface area (Å²) in [5, 5.41) is 11.7. The molecule has 1 aliphatic heterocycles. The van der Waals surface area contributed by atoms with Crippen molar-refractivity contribution in [3.05, 3.63) is 20.8 Å². The highest BCUT2D eigenvalue weighted by Gasteiger charge is 2.24. The zero-order chi connectivity index (χ0) is 9.42. The first-order valence-electron chi connectivity index (χ1n) is 3.90. The molecule has 1 aromatic rings. The van der Waals surface area contributed by atoms with Gasteiger partial charge in [0.25, 0.3) is 0 Å². The molecule has 0 aliphatic carbocycles. The predicted octanol–water partition coefficient (Wildman–Crippen LogP) is 1.50. The molecular weight excluding hydrogens is 210 g/mol. The number of carbonyl (C=O) groups is 1. The van der Waals surface area contributed by atoms with Gasteiger partial charge in [-0.2, -0.15) is 0 Å². The lowest BCUT2D eigenvalue weighted by Crippen LogP contribution is -2.40. The zero-order valence-electron chi connectivity index (χ0n) is 6.71. The van der Waals surface area contributed by atoms with Gasteiger partial charge < -0.3 is 5.11 Å². The molecule has 13 heavy (non-hydrogen) atoms. The summed E-state index contributed by atoms with van der Waals surface area (Å²) in [6.07, 6.45) is 0.544. The van der Waals surface area contributed by atoms with Crippen LogP contribution in [0.15, 0.2) is 6.07 Å². The first kappa shape index (κ1) is 8.99. The molecule has 0 saturated carbocycles. The van der Waals surface area contributed by atoms with Gasteiger partial charge in [-0.3, -0.25) is 10.1 Å². The number of hydrogen-bond acceptors (Lipinski definition) is 3. The summed E-state index contributed by atoms with van der Waals surface area (Å²) < 4.78 is 0.734. The van der Waals surface area contributed by atoms with Crippen LogP contribution in [0.25, 0.3) is 0 Å². The van der Waals surface area contributed by atoms with E-state index in [0.717, 1.165) is 14.8 Å². The van der Waals surface area contributed by atoms with Gasteiger partial charge >= 0.3 is 5.97 Å². The van der Waals surface area contributed by atoms with Gasteiger partial charge in [0, 0.05) is 17.8 Å². The summed E-state index contributed by atoms with van der Waals surface area (Å²) in [5.41, 5.74) is 1.13. The average molecular weight is 218 g/mol. The largest absolute Gasteiger partial charge is 0.480 e. The van der Waals surface area contributed by atoms with E-state index in [1.165, 1.54) is 11.3 Å². The molecule has 1 unspecified atom stereocenters. The first-order chi connectivity index (χ1) is 6.16. The quantitative estimate of drug-likeness (QED) is 0.750. The third-order valence-corrected chi connectivity index (χ3v) is 3.42. The monoisotopic (exact) mass is 217 g/mol. The van der Waals surface area contributed by atoms with Gasteiger partial charge in [0.1, 0.15) is 6.04 Å². The normalized spacial score (nSPS) is 21.2. The van der Waals surface area contributed by atoms with E-state index in [2.05, 4.69) is 5.32 Å². The van der Waals surface area contributed by atoms with Crippen LogP contribution in [0, 0.1) is 0 Å². The van der Waals surface area contributed by atoms with E-state index in [4.69, 9.17) is 16.7 Å². The van der Waals surface area contributed by atoms with Crippen molar-refractivity contribution in [1.29, 1.82) is 0 Å². The molecule has 0 saturated heterocycles. The van der Waals surface area contributed by atoms with Gasteiger partial charge in [0.2, 0.25) is 0 Å². The van der Waals surface area contributed by atoms with E-state index in [0.29, 0.717) is 13.0 Å². The van der Waals surface area contributed by atoms with Crippen LogP contribution in [-0.4, -0.2) is 17.1 Å². The van der Waals surface area contributed by atoms with Crippen molar-refractivity contribution in [3.63, 3.8) is 0 Å². The van der Waals surface area contributed by atoms with Crippen LogP contribution in [0.2, 0.25) is 4.34 Å². The lowest BCUT2D eigenvalue weighted by Gasteiger charge is -2.19. The number of halogens is 1. The van der Waals surface area contributed by atoms with Crippen LogP contribution >= 0.6 is 22.9 Å². The second kappa shape index (κ2) is 3.29. The summed E-state index contributed by atoms with van der Waals surface area (Å²) in [7, 11) is 0. The molecular formula is C8H8ClNO2S. The maximum atomic E-state index is 10.7. The molecule has 1 atom stereocenters. The standard InChI is InChI=1S/C8H8ClNO2S/c9-7-1-4-3-10-5(8(11)12)2-6(4)13-7/h1,5,10H,2-3H2,(H,11,12). The molecule has 0 fully saturated rings. The Labute approximate surface area is 84.3 Å². The summed E-state index contributed by atoms with van der Waals surface area (Å²) >= 11 is 7.29. The van der Waals surface area contributed by atoms with E-state index >= 15 is 0 Å². The molecule has 2 N–H and O–H groups in total. The zero-order valence-corrected chi connectivity index (χ0v) is 8.28. The SMILES string of the molecule is O=C(O)C1Cc2sc(Cl)cc2CN1. The molecule has 0 spiro atoms. The van der Waals surface area contributed by atoms with E-state index in [-0.39, 0.29) is 0 Å². The summed E-state index contributed by atoms with van der Waals surface area (Å²) in [6.45, 7) is 0.607. The van der Waals surface area contributed by atoms with Crippen LogP contribution in [0.5, 0.6) is 0 Å². The highest BCUT2D eigenvalue weighted by Crippen LogP contribution is 2.30. The Kier molecular flexibility index (Phi) is 2.27. The van der Waals surface area contributed by atoms with Crippen LogP contribution in [0.4, 0.5) is 0 Å². The van der Waals surface area contributed by atoms with Crippen LogP contribution < -0.4 is 5.32 Å². The fraction of sp³-hybridized carbons (Fsp3) is 0.375. The Morgan fingerprint density at radius 1 is 1.77 bits per heavy atom. The molecule has 0 amide bonds. The molecule has 70 valence electrons. The fourth-order valence-corrected chi connectivity index (χ4v) is 2.78. The number of hydrogen-bond donors (Lipinski definition) is 2. The predicted molar refractivity (Wildman–Crippen MR) is 51.3 cm³/mol. The van der Waals surface area contributed by atoms with Crippen molar-refractivity contribution in [3.8, 4) is 0 Å². The Hall–Kier alpha value is -0.580. The average Bonchev–Trinajstić information content (AvgIpc) is 2.42. The summed E-state index contributed by atoms with van der Waals surface area (Å²) in [6, 6.07) is 1.44. The third kappa shape index (κ3) is 1.70. The molecule has 5 heteroatoms. The molecule has 0 aromatic carbocycles. The van der Waals surface area contributed by atoms with Gasteiger partial charge in [-0.15, -0.1) is 11.3 Å². The molecule has 3 nitrogen and oxygen atoms in total. The second-order valence-electron chi connectivity index (χ2n) is 2.97. The number of thiophene rings is 1. The number of carboxylic acids is 1. The summed E-state index contributed by atoms with van der Waals surface area (Å²) in [4.78, 5) is 11.8. The topological polar surface area (TPSA) is 49.3 Å².